The van der Waals surface area contributed by atoms with Crippen LogP contribution in [0.3, 0.4) is 0 Å². The Labute approximate surface area is 201 Å². The molecule has 0 aliphatic rings. The Morgan fingerprint density at radius 1 is 0.633 bits per heavy atom. The van der Waals surface area contributed by atoms with Gasteiger partial charge in [-0.3, -0.25) is 0 Å². The molecule has 0 unspecified atom stereocenters. The second-order valence-electron chi connectivity index (χ2n) is 6.60. The summed E-state index contributed by atoms with van der Waals surface area (Å²) in [6, 6.07) is 20.4. The molecular weight excluding hydrogens is 453 g/mol. The van der Waals surface area contributed by atoms with Gasteiger partial charge in [-0.25, -0.2) is 0 Å². The standard InChI is InChI=1S/C22H28N2O2S4/c27-21(28)23(17-19-7-3-1-4-8-19)11-13-25-15-16-26-14-12-24(22(29)30)18-20-9-5-2-6-10-20/h1-10H,11-18H2,(H,27,28)(H,29,30). The highest BCUT2D eigenvalue weighted by Gasteiger charge is 2.08. The second-order valence-corrected chi connectivity index (χ2v) is 8.83. The Morgan fingerprint density at radius 3 is 1.33 bits per heavy atom. The molecule has 0 aliphatic carbocycles. The van der Waals surface area contributed by atoms with Crippen molar-refractivity contribution in [3.8, 4) is 0 Å². The maximum Gasteiger partial charge on any atom is 0.133 e. The van der Waals surface area contributed by atoms with Crippen LogP contribution in [0, 0.1) is 0 Å². The van der Waals surface area contributed by atoms with E-state index in [9.17, 15) is 0 Å². The van der Waals surface area contributed by atoms with Gasteiger partial charge >= 0.3 is 0 Å². The van der Waals surface area contributed by atoms with E-state index < -0.39 is 0 Å². The molecule has 30 heavy (non-hydrogen) atoms. The summed E-state index contributed by atoms with van der Waals surface area (Å²) in [5.74, 6) is 0. The molecule has 0 saturated carbocycles. The van der Waals surface area contributed by atoms with Crippen LogP contribution in [-0.2, 0) is 22.6 Å². The van der Waals surface area contributed by atoms with E-state index in [-0.39, 0.29) is 0 Å². The van der Waals surface area contributed by atoms with E-state index in [1.165, 1.54) is 11.1 Å². The van der Waals surface area contributed by atoms with Crippen LogP contribution in [0.2, 0.25) is 0 Å². The minimum absolute atomic E-state index is 0.530. The summed E-state index contributed by atoms with van der Waals surface area (Å²) in [7, 11) is 0. The summed E-state index contributed by atoms with van der Waals surface area (Å²) >= 11 is 19.1. The van der Waals surface area contributed by atoms with Crippen molar-refractivity contribution in [3.63, 3.8) is 0 Å². The summed E-state index contributed by atoms with van der Waals surface area (Å²) in [6.45, 7) is 5.03. The normalized spacial score (nSPS) is 10.6. The van der Waals surface area contributed by atoms with Gasteiger partial charge in [-0.15, -0.1) is 25.3 Å². The minimum atomic E-state index is 0.530. The average Bonchev–Trinajstić information content (AvgIpc) is 2.75. The molecular formula is C22H28N2O2S4. The summed E-state index contributed by atoms with van der Waals surface area (Å²) < 4.78 is 12.5. The topological polar surface area (TPSA) is 24.9 Å². The van der Waals surface area contributed by atoms with Gasteiger partial charge in [0.15, 0.2) is 0 Å². The Balaban J connectivity index is 1.58. The number of hydrogen-bond donors (Lipinski definition) is 2. The smallest absolute Gasteiger partial charge is 0.133 e. The third-order valence-electron chi connectivity index (χ3n) is 4.36. The van der Waals surface area contributed by atoms with Crippen molar-refractivity contribution in [2.45, 2.75) is 13.1 Å². The Bertz CT molecular complexity index is 697. The average molecular weight is 481 g/mol. The first-order valence-corrected chi connectivity index (χ1v) is 11.5. The zero-order chi connectivity index (χ0) is 21.6. The summed E-state index contributed by atoms with van der Waals surface area (Å²) in [4.78, 5) is 4.04. The molecule has 0 heterocycles. The number of thiol groups is 2. The van der Waals surface area contributed by atoms with Crippen molar-refractivity contribution in [3.05, 3.63) is 71.8 Å². The number of nitrogens with zero attached hydrogens (tertiary/aromatic N) is 2. The molecule has 0 spiro atoms. The highest BCUT2D eigenvalue weighted by molar-refractivity contribution is 8.11. The summed E-state index contributed by atoms with van der Waals surface area (Å²) in [5.41, 5.74) is 2.39. The van der Waals surface area contributed by atoms with Crippen LogP contribution >= 0.6 is 49.7 Å². The van der Waals surface area contributed by atoms with E-state index in [2.05, 4.69) is 49.5 Å². The maximum atomic E-state index is 5.69. The molecule has 4 nitrogen and oxygen atoms in total. The highest BCUT2D eigenvalue weighted by Crippen LogP contribution is 2.08. The molecule has 0 fully saturated rings. The molecule has 2 aromatic rings. The van der Waals surface area contributed by atoms with Crippen molar-refractivity contribution >= 4 is 58.3 Å². The molecule has 0 N–H and O–H groups in total. The number of rotatable bonds is 13. The largest absolute Gasteiger partial charge is 0.377 e. The monoisotopic (exact) mass is 480 g/mol. The van der Waals surface area contributed by atoms with Crippen LogP contribution in [0.4, 0.5) is 0 Å². The van der Waals surface area contributed by atoms with Crippen LogP contribution < -0.4 is 0 Å². The van der Waals surface area contributed by atoms with Gasteiger partial charge < -0.3 is 19.3 Å². The van der Waals surface area contributed by atoms with Crippen LogP contribution in [0.1, 0.15) is 11.1 Å². The molecule has 162 valence electrons. The second kappa shape index (κ2) is 14.8. The fourth-order valence-corrected chi connectivity index (χ4v) is 3.42. The zero-order valence-corrected chi connectivity index (χ0v) is 20.3. The molecule has 2 rings (SSSR count). The lowest BCUT2D eigenvalue weighted by atomic mass is 10.2. The fourth-order valence-electron chi connectivity index (χ4n) is 2.76. The first-order chi connectivity index (χ1) is 14.6. The summed E-state index contributed by atoms with van der Waals surface area (Å²) in [6.07, 6.45) is 0. The lowest BCUT2D eigenvalue weighted by Crippen LogP contribution is -2.30. The molecule has 0 aromatic heterocycles. The fraction of sp³-hybridized carbons (Fsp3) is 0.364. The van der Waals surface area contributed by atoms with E-state index in [0.717, 1.165) is 13.1 Å². The van der Waals surface area contributed by atoms with Crippen molar-refractivity contribution in [1.29, 1.82) is 0 Å². The van der Waals surface area contributed by atoms with Gasteiger partial charge in [-0.05, 0) is 11.1 Å². The number of ether oxygens (including phenoxy) is 2. The van der Waals surface area contributed by atoms with Gasteiger partial charge in [0.2, 0.25) is 0 Å². The van der Waals surface area contributed by atoms with Crippen molar-refractivity contribution in [1.82, 2.24) is 9.80 Å². The molecule has 0 radical (unpaired) electrons. The highest BCUT2D eigenvalue weighted by atomic mass is 32.1. The van der Waals surface area contributed by atoms with E-state index in [1.807, 2.05) is 46.2 Å². The Morgan fingerprint density at radius 2 is 1.00 bits per heavy atom. The van der Waals surface area contributed by atoms with E-state index in [4.69, 9.17) is 33.9 Å². The maximum absolute atomic E-state index is 5.69. The van der Waals surface area contributed by atoms with E-state index in [0.29, 0.717) is 48.2 Å². The quantitative estimate of drug-likeness (QED) is 0.250. The lowest BCUT2D eigenvalue weighted by molar-refractivity contribution is 0.0400. The Kier molecular flexibility index (Phi) is 12.4. The first-order valence-electron chi connectivity index (χ1n) is 9.75. The third kappa shape index (κ3) is 10.2. The van der Waals surface area contributed by atoms with E-state index in [1.54, 1.807) is 0 Å². The van der Waals surface area contributed by atoms with Crippen LogP contribution in [0.15, 0.2) is 60.7 Å². The molecule has 0 bridgehead atoms. The van der Waals surface area contributed by atoms with Crippen molar-refractivity contribution < 1.29 is 9.47 Å². The Hall–Kier alpha value is -1.16. The molecule has 0 aliphatic heterocycles. The number of hydrogen-bond acceptors (Lipinski definition) is 4. The summed E-state index contributed by atoms with van der Waals surface area (Å²) in [5, 5.41) is 0. The van der Waals surface area contributed by atoms with Gasteiger partial charge in [-0.1, -0.05) is 85.1 Å². The van der Waals surface area contributed by atoms with Crippen LogP contribution in [0.5, 0.6) is 0 Å². The van der Waals surface area contributed by atoms with Gasteiger partial charge in [0, 0.05) is 26.2 Å². The predicted molar refractivity (Wildman–Crippen MR) is 139 cm³/mol. The van der Waals surface area contributed by atoms with Crippen molar-refractivity contribution in [2.75, 3.05) is 39.5 Å². The van der Waals surface area contributed by atoms with Crippen LogP contribution in [0.25, 0.3) is 0 Å². The van der Waals surface area contributed by atoms with Crippen molar-refractivity contribution in [2.24, 2.45) is 0 Å². The molecule has 2 aromatic carbocycles. The molecule has 0 atom stereocenters. The zero-order valence-electron chi connectivity index (χ0n) is 16.9. The molecule has 8 heteroatoms. The van der Waals surface area contributed by atoms with Gasteiger partial charge in [0.1, 0.15) is 8.64 Å². The van der Waals surface area contributed by atoms with Gasteiger partial charge in [0.05, 0.1) is 26.4 Å². The SMILES string of the molecule is S=C(S)N(CCOCCOCCN(Cc1ccccc1)C(=S)S)Cc1ccccc1. The lowest BCUT2D eigenvalue weighted by Gasteiger charge is -2.23. The van der Waals surface area contributed by atoms with Gasteiger partial charge in [-0.2, -0.15) is 0 Å². The molecule has 0 saturated heterocycles. The minimum Gasteiger partial charge on any atom is -0.377 e. The van der Waals surface area contributed by atoms with Crippen LogP contribution in [-0.4, -0.2) is 58.0 Å². The number of thiocarbonyl (C=S) groups is 2. The van der Waals surface area contributed by atoms with E-state index >= 15 is 0 Å². The predicted octanol–water partition coefficient (Wildman–Crippen LogP) is 4.45. The first kappa shape index (κ1) is 25.1. The van der Waals surface area contributed by atoms with Gasteiger partial charge in [0.25, 0.3) is 0 Å². The molecule has 0 amide bonds. The third-order valence-corrected chi connectivity index (χ3v) is 5.44. The number of benzene rings is 2.